The number of carbonyl (C=O) groups excluding carboxylic acids is 1. The fourth-order valence-electron chi connectivity index (χ4n) is 3.07. The molecule has 0 spiro atoms. The number of hydrogen-bond acceptors (Lipinski definition) is 4. The molecule has 4 rings (SSSR count). The van der Waals surface area contributed by atoms with Crippen LogP contribution < -0.4 is 15.0 Å². The van der Waals surface area contributed by atoms with Gasteiger partial charge in [-0.05, 0) is 38.1 Å². The van der Waals surface area contributed by atoms with Gasteiger partial charge < -0.3 is 10.1 Å². The molecule has 3 aromatic rings. The number of carbonyl (C=O) groups is 1. The Morgan fingerprint density at radius 3 is 2.73 bits per heavy atom. The molecule has 3 heterocycles. The van der Waals surface area contributed by atoms with Crippen molar-refractivity contribution in [3.8, 4) is 17.0 Å². The van der Waals surface area contributed by atoms with E-state index < -0.39 is 0 Å². The largest absolute Gasteiger partial charge is 0.488 e. The molecule has 2 amide bonds. The predicted molar refractivity (Wildman–Crippen MR) is 99.6 cm³/mol. The van der Waals surface area contributed by atoms with Crippen molar-refractivity contribution in [1.82, 2.24) is 15.2 Å². The second kappa shape index (κ2) is 6.51. The number of rotatable bonds is 2. The van der Waals surface area contributed by atoms with E-state index in [4.69, 9.17) is 9.72 Å². The Balaban J connectivity index is 1.68. The number of urea groups is 1. The van der Waals surface area contributed by atoms with Gasteiger partial charge in [-0.15, -0.1) is 0 Å². The lowest BCUT2D eigenvalue weighted by molar-refractivity contribution is 0.249. The molecule has 7 heteroatoms. The molecule has 0 saturated heterocycles. The number of amides is 2. The van der Waals surface area contributed by atoms with Crippen molar-refractivity contribution in [2.75, 3.05) is 23.4 Å². The number of nitrogens with one attached hydrogen (secondary N) is 2. The lowest BCUT2D eigenvalue weighted by Gasteiger charge is -2.28. The molecule has 26 heavy (non-hydrogen) atoms. The SMILES string of the molecule is Cc1n[nH]c(C)c1-c1ccc2c(n1)N(C(=O)Nc1ccccc1)CCO2. The third-order valence-corrected chi connectivity index (χ3v) is 4.32. The Hall–Kier alpha value is -3.35. The van der Waals surface area contributed by atoms with Gasteiger partial charge in [0.2, 0.25) is 0 Å². The van der Waals surface area contributed by atoms with E-state index in [0.29, 0.717) is 24.7 Å². The number of pyridine rings is 1. The summed E-state index contributed by atoms with van der Waals surface area (Å²) in [6, 6.07) is 12.9. The molecule has 0 unspecified atom stereocenters. The second-order valence-corrected chi connectivity index (χ2v) is 6.12. The maximum absolute atomic E-state index is 12.8. The van der Waals surface area contributed by atoms with Crippen LogP contribution in [0.4, 0.5) is 16.3 Å². The van der Waals surface area contributed by atoms with Crippen LogP contribution in [0, 0.1) is 13.8 Å². The van der Waals surface area contributed by atoms with Crippen LogP contribution >= 0.6 is 0 Å². The molecular weight excluding hydrogens is 330 g/mol. The quantitative estimate of drug-likeness (QED) is 0.741. The number of ether oxygens (including phenoxy) is 1. The summed E-state index contributed by atoms with van der Waals surface area (Å²) in [6.07, 6.45) is 0. The normalized spacial score (nSPS) is 13.1. The van der Waals surface area contributed by atoms with E-state index >= 15 is 0 Å². The number of para-hydroxylation sites is 1. The molecule has 0 fully saturated rings. The molecular formula is C19H19N5O2. The summed E-state index contributed by atoms with van der Waals surface area (Å²) >= 11 is 0. The van der Waals surface area contributed by atoms with E-state index in [-0.39, 0.29) is 6.03 Å². The van der Waals surface area contributed by atoms with Crippen molar-refractivity contribution in [3.05, 3.63) is 53.9 Å². The summed E-state index contributed by atoms with van der Waals surface area (Å²) in [7, 11) is 0. The fourth-order valence-corrected chi connectivity index (χ4v) is 3.07. The highest BCUT2D eigenvalue weighted by Gasteiger charge is 2.26. The number of aromatic nitrogens is 3. The zero-order valence-corrected chi connectivity index (χ0v) is 14.6. The number of nitrogens with zero attached hydrogens (tertiary/aromatic N) is 3. The minimum atomic E-state index is -0.231. The van der Waals surface area contributed by atoms with Gasteiger partial charge in [0.05, 0.1) is 17.9 Å². The molecule has 0 saturated carbocycles. The Bertz CT molecular complexity index is 932. The van der Waals surface area contributed by atoms with Crippen molar-refractivity contribution >= 4 is 17.5 Å². The lowest BCUT2D eigenvalue weighted by atomic mass is 10.1. The van der Waals surface area contributed by atoms with Gasteiger partial charge in [-0.3, -0.25) is 10.00 Å². The van der Waals surface area contributed by atoms with Crippen molar-refractivity contribution in [2.24, 2.45) is 0 Å². The number of aromatic amines is 1. The van der Waals surface area contributed by atoms with Gasteiger partial charge in [0.1, 0.15) is 6.61 Å². The topological polar surface area (TPSA) is 83.1 Å². The van der Waals surface area contributed by atoms with Crippen LogP contribution in [-0.4, -0.2) is 34.4 Å². The van der Waals surface area contributed by atoms with Crippen LogP contribution in [0.1, 0.15) is 11.4 Å². The summed E-state index contributed by atoms with van der Waals surface area (Å²) in [5, 5.41) is 10.1. The molecule has 0 radical (unpaired) electrons. The molecule has 2 aromatic heterocycles. The van der Waals surface area contributed by atoms with E-state index in [1.807, 2.05) is 56.3 Å². The highest BCUT2D eigenvalue weighted by Crippen LogP contribution is 2.34. The van der Waals surface area contributed by atoms with Gasteiger partial charge in [-0.1, -0.05) is 18.2 Å². The standard InChI is InChI=1S/C19H19N5O2/c1-12-17(13(2)23-22-12)15-8-9-16-18(21-15)24(10-11-26-16)19(25)20-14-6-4-3-5-7-14/h3-9H,10-11H2,1-2H3,(H,20,25)(H,22,23). The van der Waals surface area contributed by atoms with Crippen LogP contribution in [0.3, 0.4) is 0 Å². The summed E-state index contributed by atoms with van der Waals surface area (Å²) < 4.78 is 5.68. The minimum Gasteiger partial charge on any atom is -0.488 e. The highest BCUT2D eigenvalue weighted by molar-refractivity contribution is 6.02. The summed E-state index contributed by atoms with van der Waals surface area (Å²) in [4.78, 5) is 19.1. The highest BCUT2D eigenvalue weighted by atomic mass is 16.5. The molecule has 2 N–H and O–H groups in total. The first-order valence-corrected chi connectivity index (χ1v) is 8.43. The van der Waals surface area contributed by atoms with Gasteiger partial charge in [-0.25, -0.2) is 9.78 Å². The number of hydrogen-bond donors (Lipinski definition) is 2. The second-order valence-electron chi connectivity index (χ2n) is 6.12. The van der Waals surface area contributed by atoms with Gasteiger partial charge in [0.15, 0.2) is 11.6 Å². The molecule has 0 bridgehead atoms. The third-order valence-electron chi connectivity index (χ3n) is 4.32. The molecule has 0 atom stereocenters. The minimum absolute atomic E-state index is 0.231. The fraction of sp³-hybridized carbons (Fsp3) is 0.211. The number of aryl methyl sites for hydroxylation is 2. The van der Waals surface area contributed by atoms with Crippen LogP contribution in [0.5, 0.6) is 5.75 Å². The third kappa shape index (κ3) is 2.88. The average molecular weight is 349 g/mol. The molecule has 132 valence electrons. The number of benzene rings is 1. The lowest BCUT2D eigenvalue weighted by Crippen LogP contribution is -2.41. The van der Waals surface area contributed by atoms with Crippen molar-refractivity contribution in [1.29, 1.82) is 0 Å². The van der Waals surface area contributed by atoms with Gasteiger partial charge in [0.25, 0.3) is 0 Å². The molecule has 1 aromatic carbocycles. The van der Waals surface area contributed by atoms with Crippen LogP contribution in [0.25, 0.3) is 11.3 Å². The summed E-state index contributed by atoms with van der Waals surface area (Å²) in [5.74, 6) is 1.11. The van der Waals surface area contributed by atoms with Gasteiger partial charge in [0, 0.05) is 16.9 Å². The average Bonchev–Trinajstić information content (AvgIpc) is 3.00. The maximum atomic E-state index is 12.8. The van der Waals surface area contributed by atoms with E-state index in [1.54, 1.807) is 4.90 Å². The molecule has 0 aliphatic carbocycles. The Morgan fingerprint density at radius 2 is 2.00 bits per heavy atom. The Labute approximate surface area is 151 Å². The maximum Gasteiger partial charge on any atom is 0.327 e. The van der Waals surface area contributed by atoms with Crippen molar-refractivity contribution < 1.29 is 9.53 Å². The van der Waals surface area contributed by atoms with E-state index in [2.05, 4.69) is 15.5 Å². The predicted octanol–water partition coefficient (Wildman–Crippen LogP) is 3.52. The number of anilines is 2. The van der Waals surface area contributed by atoms with E-state index in [9.17, 15) is 4.79 Å². The zero-order valence-electron chi connectivity index (χ0n) is 14.6. The molecule has 1 aliphatic rings. The zero-order chi connectivity index (χ0) is 18.1. The summed E-state index contributed by atoms with van der Waals surface area (Å²) in [6.45, 7) is 4.74. The van der Waals surface area contributed by atoms with Crippen LogP contribution in [0.2, 0.25) is 0 Å². The monoisotopic (exact) mass is 349 g/mol. The first-order valence-electron chi connectivity index (χ1n) is 8.43. The number of fused-ring (bicyclic) bond motifs is 1. The van der Waals surface area contributed by atoms with Gasteiger partial charge in [-0.2, -0.15) is 5.10 Å². The Morgan fingerprint density at radius 1 is 1.19 bits per heavy atom. The summed E-state index contributed by atoms with van der Waals surface area (Å²) in [5.41, 5.74) is 4.25. The Kier molecular flexibility index (Phi) is 4.04. The van der Waals surface area contributed by atoms with Crippen LogP contribution in [0.15, 0.2) is 42.5 Å². The first-order chi connectivity index (χ1) is 12.6. The van der Waals surface area contributed by atoms with E-state index in [0.717, 1.165) is 28.3 Å². The van der Waals surface area contributed by atoms with E-state index in [1.165, 1.54) is 0 Å². The van der Waals surface area contributed by atoms with Crippen molar-refractivity contribution in [3.63, 3.8) is 0 Å². The van der Waals surface area contributed by atoms with Gasteiger partial charge >= 0.3 is 6.03 Å². The smallest absolute Gasteiger partial charge is 0.327 e. The molecule has 1 aliphatic heterocycles. The first kappa shape index (κ1) is 16.1. The molecule has 7 nitrogen and oxygen atoms in total. The number of H-pyrrole nitrogens is 1. The van der Waals surface area contributed by atoms with Crippen LogP contribution in [-0.2, 0) is 0 Å². The van der Waals surface area contributed by atoms with Crippen molar-refractivity contribution in [2.45, 2.75) is 13.8 Å².